The number of anilines is 1. The Morgan fingerprint density at radius 3 is 2.71 bits per heavy atom. The van der Waals surface area contributed by atoms with Gasteiger partial charge in [0.2, 0.25) is 5.82 Å². The quantitative estimate of drug-likeness (QED) is 0.312. The Bertz CT molecular complexity index is 1650. The summed E-state index contributed by atoms with van der Waals surface area (Å²) in [6.07, 6.45) is -0.958. The van der Waals surface area contributed by atoms with Crippen molar-refractivity contribution in [2.24, 2.45) is 0 Å². The number of nitrogens with one attached hydrogen (secondary N) is 1. The first-order valence-electron chi connectivity index (χ1n) is 13.9. The molecule has 5 aliphatic heterocycles. The average molecular weight is 605 g/mol. The second kappa shape index (κ2) is 9.89. The van der Waals surface area contributed by atoms with Crippen LogP contribution in [0.4, 0.5) is 27.8 Å². The van der Waals surface area contributed by atoms with Crippen LogP contribution in [0, 0.1) is 17.7 Å². The van der Waals surface area contributed by atoms with Gasteiger partial charge >= 0.3 is 6.18 Å². The number of hydrogen-bond donors (Lipinski definition) is 2. The lowest BCUT2D eigenvalue weighted by Gasteiger charge is -2.46. The van der Waals surface area contributed by atoms with E-state index in [0.29, 0.717) is 31.9 Å². The van der Waals surface area contributed by atoms with Gasteiger partial charge in [-0.1, -0.05) is 17.5 Å². The fourth-order valence-corrected chi connectivity index (χ4v) is 7.33. The Labute approximate surface area is 243 Å². The molecule has 7 nitrogen and oxygen atoms in total. The molecule has 2 bridgehead atoms. The number of alkyl halides is 4. The molecule has 8 rings (SSSR count). The Balaban J connectivity index is 1.42. The Morgan fingerprint density at radius 2 is 2.00 bits per heavy atom. The zero-order valence-electron chi connectivity index (χ0n) is 22.3. The lowest BCUT2D eigenvalue weighted by Crippen LogP contribution is -2.61. The summed E-state index contributed by atoms with van der Waals surface area (Å²) in [5.41, 5.74) is -3.57. The smallest absolute Gasteiger partial charge is 0.418 e. The van der Waals surface area contributed by atoms with Gasteiger partial charge in [-0.25, -0.2) is 18.7 Å². The maximum absolute atomic E-state index is 16.3. The van der Waals surface area contributed by atoms with Crippen LogP contribution < -0.4 is 10.2 Å². The van der Waals surface area contributed by atoms with Crippen LogP contribution in [-0.4, -0.2) is 74.9 Å². The summed E-state index contributed by atoms with van der Waals surface area (Å²) in [5.74, 6) is 4.87. The number of piperazine rings is 1. The summed E-state index contributed by atoms with van der Waals surface area (Å²) in [6.45, 7) is 2.35. The highest BCUT2D eigenvalue weighted by Gasteiger charge is 2.48. The minimum Gasteiger partial charge on any atom is -0.508 e. The number of phenols is 1. The number of benzene rings is 1. The van der Waals surface area contributed by atoms with E-state index in [4.69, 9.17) is 16.6 Å². The molecule has 220 valence electrons. The maximum atomic E-state index is 16.3. The predicted molar refractivity (Wildman–Crippen MR) is 146 cm³/mol. The molecule has 13 heteroatoms. The van der Waals surface area contributed by atoms with Gasteiger partial charge in [-0.05, 0) is 50.3 Å². The molecule has 0 spiro atoms. The standard InChI is InChI=1S/C29H26ClF5N6O/c30-21-9-18(42)8-19(23(21)29(33,34)35)25-24(32)26-20(12-37-25)27(41-14-16-2-3-17(41)11-36-16)39-22(38-26)4-6-28-5-1-7-40(28)13-15(31)10-28/h8-9,12,15-17,36,42H,1-3,5,7,10-11,13-14H2/t15-,16-,17-,28-/m1/s1. The molecule has 5 fully saturated rings. The summed E-state index contributed by atoms with van der Waals surface area (Å²) in [6, 6.07) is 1.81. The normalized spacial score (nSPS) is 27.4. The molecule has 0 unspecified atom stereocenters. The number of hydrogen-bond acceptors (Lipinski definition) is 7. The van der Waals surface area contributed by atoms with Crippen LogP contribution in [0.5, 0.6) is 5.75 Å². The van der Waals surface area contributed by atoms with Crippen molar-refractivity contribution in [2.45, 2.75) is 62.1 Å². The van der Waals surface area contributed by atoms with E-state index in [1.807, 2.05) is 4.90 Å². The molecular weight excluding hydrogens is 579 g/mol. The number of aromatic nitrogens is 3. The summed E-state index contributed by atoms with van der Waals surface area (Å²) in [4.78, 5) is 17.3. The van der Waals surface area contributed by atoms with Gasteiger partial charge in [0.15, 0.2) is 5.82 Å². The lowest BCUT2D eigenvalue weighted by molar-refractivity contribution is -0.137. The van der Waals surface area contributed by atoms with Crippen LogP contribution in [0.25, 0.3) is 22.2 Å². The largest absolute Gasteiger partial charge is 0.508 e. The van der Waals surface area contributed by atoms with E-state index in [1.165, 1.54) is 6.20 Å². The topological polar surface area (TPSA) is 77.4 Å². The summed E-state index contributed by atoms with van der Waals surface area (Å²) in [5, 5.41) is 13.0. The second-order valence-corrected chi connectivity index (χ2v) is 11.9. The summed E-state index contributed by atoms with van der Waals surface area (Å²) < 4.78 is 72.7. The van der Waals surface area contributed by atoms with Crippen molar-refractivity contribution >= 4 is 28.3 Å². The van der Waals surface area contributed by atoms with Crippen LogP contribution in [0.3, 0.4) is 0 Å². The van der Waals surface area contributed by atoms with E-state index >= 15 is 4.39 Å². The van der Waals surface area contributed by atoms with Crippen molar-refractivity contribution in [1.82, 2.24) is 25.2 Å². The summed E-state index contributed by atoms with van der Waals surface area (Å²) in [7, 11) is 0. The van der Waals surface area contributed by atoms with Crippen LogP contribution in [0.2, 0.25) is 5.02 Å². The highest BCUT2D eigenvalue weighted by molar-refractivity contribution is 6.32. The third-order valence-electron chi connectivity index (χ3n) is 8.91. The van der Waals surface area contributed by atoms with Crippen molar-refractivity contribution < 1.29 is 27.1 Å². The van der Waals surface area contributed by atoms with Crippen molar-refractivity contribution in [2.75, 3.05) is 31.1 Å². The Kier molecular flexibility index (Phi) is 6.49. The van der Waals surface area contributed by atoms with Crippen LogP contribution in [-0.2, 0) is 6.18 Å². The van der Waals surface area contributed by atoms with E-state index in [-0.39, 0.29) is 35.2 Å². The second-order valence-electron chi connectivity index (χ2n) is 11.5. The number of nitrogens with zero attached hydrogens (tertiary/aromatic N) is 5. The number of halogens is 6. The minimum atomic E-state index is -4.95. The van der Waals surface area contributed by atoms with Gasteiger partial charge in [0.25, 0.3) is 0 Å². The number of pyridine rings is 1. The van der Waals surface area contributed by atoms with E-state index in [9.17, 15) is 22.7 Å². The molecule has 42 heavy (non-hydrogen) atoms. The van der Waals surface area contributed by atoms with Gasteiger partial charge in [0.05, 0.1) is 21.5 Å². The zero-order valence-corrected chi connectivity index (χ0v) is 23.0. The molecule has 2 N–H and O–H groups in total. The fourth-order valence-electron chi connectivity index (χ4n) is 7.01. The third kappa shape index (κ3) is 4.53. The number of rotatable bonds is 2. The molecule has 3 aromatic rings. The molecule has 7 heterocycles. The van der Waals surface area contributed by atoms with Crippen molar-refractivity contribution in [3.05, 3.63) is 40.6 Å². The van der Waals surface area contributed by atoms with Crippen LogP contribution >= 0.6 is 11.6 Å². The number of aromatic hydroxyl groups is 1. The molecule has 0 saturated carbocycles. The molecule has 0 aliphatic carbocycles. The van der Waals surface area contributed by atoms with Gasteiger partial charge < -0.3 is 15.3 Å². The fraction of sp³-hybridized carbons (Fsp3) is 0.483. The summed E-state index contributed by atoms with van der Waals surface area (Å²) >= 11 is 5.87. The van der Waals surface area contributed by atoms with E-state index < -0.39 is 51.3 Å². The van der Waals surface area contributed by atoms with E-state index in [1.54, 1.807) is 0 Å². The number of fused-ring (bicyclic) bond motifs is 5. The molecule has 2 aromatic heterocycles. The van der Waals surface area contributed by atoms with Gasteiger partial charge in [-0.2, -0.15) is 13.2 Å². The third-order valence-corrected chi connectivity index (χ3v) is 9.20. The van der Waals surface area contributed by atoms with Crippen molar-refractivity contribution in [3.8, 4) is 28.8 Å². The average Bonchev–Trinajstić information content (AvgIpc) is 3.47. The van der Waals surface area contributed by atoms with Gasteiger partial charge in [0, 0.05) is 49.9 Å². The zero-order chi connectivity index (χ0) is 29.4. The monoisotopic (exact) mass is 604 g/mol. The number of piperidine rings is 2. The van der Waals surface area contributed by atoms with Gasteiger partial charge in [0.1, 0.15) is 28.9 Å². The first-order valence-corrected chi connectivity index (χ1v) is 14.3. The molecule has 5 aliphatic rings. The Hall–Kier alpha value is -3.27. The predicted octanol–water partition coefficient (Wildman–Crippen LogP) is 5.08. The van der Waals surface area contributed by atoms with Crippen molar-refractivity contribution in [3.63, 3.8) is 0 Å². The minimum absolute atomic E-state index is 0.00326. The maximum Gasteiger partial charge on any atom is 0.418 e. The Morgan fingerprint density at radius 1 is 1.17 bits per heavy atom. The van der Waals surface area contributed by atoms with Gasteiger partial charge in [-0.15, -0.1) is 0 Å². The molecule has 5 saturated heterocycles. The first-order chi connectivity index (χ1) is 20.0. The van der Waals surface area contributed by atoms with Crippen LogP contribution in [0.1, 0.15) is 43.5 Å². The highest BCUT2D eigenvalue weighted by Crippen LogP contribution is 2.45. The molecule has 0 amide bonds. The first kappa shape index (κ1) is 27.6. The molecular formula is C29H26ClF5N6O. The highest BCUT2D eigenvalue weighted by atomic mass is 35.5. The molecule has 0 radical (unpaired) electrons. The lowest BCUT2D eigenvalue weighted by atomic mass is 9.92. The van der Waals surface area contributed by atoms with E-state index in [2.05, 4.69) is 32.0 Å². The van der Waals surface area contributed by atoms with Crippen LogP contribution in [0.15, 0.2) is 18.3 Å². The molecule has 1 aromatic carbocycles. The van der Waals surface area contributed by atoms with E-state index in [0.717, 1.165) is 37.9 Å². The molecule has 4 atom stereocenters. The van der Waals surface area contributed by atoms with Crippen molar-refractivity contribution in [1.29, 1.82) is 0 Å². The van der Waals surface area contributed by atoms with Gasteiger partial charge in [-0.3, -0.25) is 9.88 Å². The number of phenolic OH excluding ortho intramolecular Hbond substituents is 1. The SMILES string of the molecule is Oc1cc(Cl)c(C(F)(F)F)c(-c2ncc3c(N4C[C@H]5CC[C@@H]4CN5)nc(C#C[C@@]45CCCN4C[C@H](F)C5)nc3c2F)c1.